The van der Waals surface area contributed by atoms with Gasteiger partial charge in [-0.15, -0.1) is 0 Å². The second-order valence-electron chi connectivity index (χ2n) is 6.86. The van der Waals surface area contributed by atoms with Gasteiger partial charge in [-0.2, -0.15) is 5.26 Å². The van der Waals surface area contributed by atoms with Crippen LogP contribution in [0, 0.1) is 11.3 Å². The average molecular weight is 367 g/mol. The van der Waals surface area contributed by atoms with Crippen molar-refractivity contribution in [3.63, 3.8) is 0 Å². The van der Waals surface area contributed by atoms with E-state index in [4.69, 9.17) is 11.6 Å². The van der Waals surface area contributed by atoms with Crippen LogP contribution in [0.4, 0.5) is 5.82 Å². The lowest BCUT2D eigenvalue weighted by Gasteiger charge is -2.37. The molecule has 0 N–H and O–H groups in total. The number of carbonyl (C=O) groups excluding carboxylic acids is 1. The van der Waals surface area contributed by atoms with Crippen molar-refractivity contribution in [1.82, 2.24) is 9.88 Å². The van der Waals surface area contributed by atoms with E-state index in [1.165, 1.54) is 0 Å². The Hall–Kier alpha value is -2.58. The van der Waals surface area contributed by atoms with E-state index in [1.807, 2.05) is 29.2 Å². The Labute approximate surface area is 157 Å². The molecule has 2 fully saturated rings. The summed E-state index contributed by atoms with van der Waals surface area (Å²) in [7, 11) is 0. The summed E-state index contributed by atoms with van der Waals surface area (Å²) in [6.07, 6.45) is 3.46. The van der Waals surface area contributed by atoms with Crippen molar-refractivity contribution in [2.75, 3.05) is 31.1 Å². The van der Waals surface area contributed by atoms with Gasteiger partial charge in [-0.3, -0.25) is 4.79 Å². The lowest BCUT2D eigenvalue weighted by Crippen LogP contribution is -2.52. The van der Waals surface area contributed by atoms with E-state index in [9.17, 15) is 10.1 Å². The molecule has 1 amide bonds. The fourth-order valence-electron chi connectivity index (χ4n) is 3.70. The molecular weight excluding hydrogens is 348 g/mol. The Kier molecular flexibility index (Phi) is 4.29. The number of benzene rings is 1. The maximum absolute atomic E-state index is 13.2. The molecule has 4 rings (SSSR count). The summed E-state index contributed by atoms with van der Waals surface area (Å²) in [5, 5.41) is 9.93. The van der Waals surface area contributed by atoms with Gasteiger partial charge >= 0.3 is 0 Å². The summed E-state index contributed by atoms with van der Waals surface area (Å²) in [6, 6.07) is 13.4. The summed E-state index contributed by atoms with van der Waals surface area (Å²) >= 11 is 6.12. The number of carbonyl (C=O) groups is 1. The van der Waals surface area contributed by atoms with Gasteiger partial charge in [-0.05, 0) is 42.7 Å². The zero-order chi connectivity index (χ0) is 18.1. The molecule has 0 radical (unpaired) electrons. The van der Waals surface area contributed by atoms with Gasteiger partial charge in [-0.1, -0.05) is 23.7 Å². The number of hydrogen-bond acceptors (Lipinski definition) is 4. The summed E-state index contributed by atoms with van der Waals surface area (Å²) in [5.74, 6) is 0.902. The minimum Gasteiger partial charge on any atom is -0.352 e. The molecule has 5 nitrogen and oxygen atoms in total. The quantitative estimate of drug-likeness (QED) is 0.837. The van der Waals surface area contributed by atoms with E-state index >= 15 is 0 Å². The minimum atomic E-state index is -0.393. The molecule has 1 saturated carbocycles. The standard InChI is InChI=1S/C20H19ClN4O/c21-17-5-1-4-16(13-17)20(6-7-20)19(26)25-11-9-24(10-12-25)18-15(14-22)3-2-8-23-18/h1-5,8,13H,6-7,9-12H2. The number of halogens is 1. The topological polar surface area (TPSA) is 60.2 Å². The molecule has 0 bridgehead atoms. The van der Waals surface area contributed by atoms with Crippen LogP contribution in [0.3, 0.4) is 0 Å². The number of rotatable bonds is 3. The molecule has 1 aliphatic carbocycles. The minimum absolute atomic E-state index is 0.195. The maximum Gasteiger partial charge on any atom is 0.233 e. The van der Waals surface area contributed by atoms with Crippen molar-refractivity contribution in [1.29, 1.82) is 5.26 Å². The Balaban J connectivity index is 1.47. The highest BCUT2D eigenvalue weighted by Crippen LogP contribution is 2.50. The molecule has 2 aliphatic rings. The molecule has 0 spiro atoms. The van der Waals surface area contributed by atoms with Crippen molar-refractivity contribution in [2.24, 2.45) is 0 Å². The number of hydrogen-bond donors (Lipinski definition) is 0. The van der Waals surface area contributed by atoms with Crippen molar-refractivity contribution >= 4 is 23.3 Å². The van der Waals surface area contributed by atoms with Crippen molar-refractivity contribution in [3.8, 4) is 6.07 Å². The molecule has 1 aromatic carbocycles. The van der Waals surface area contributed by atoms with E-state index in [0.717, 1.165) is 18.4 Å². The zero-order valence-electron chi connectivity index (χ0n) is 14.4. The number of nitriles is 1. The van der Waals surface area contributed by atoms with Crippen molar-refractivity contribution < 1.29 is 4.79 Å². The second kappa shape index (κ2) is 6.62. The van der Waals surface area contributed by atoms with Gasteiger partial charge < -0.3 is 9.80 Å². The van der Waals surface area contributed by atoms with Gasteiger partial charge in [0, 0.05) is 37.4 Å². The first-order chi connectivity index (χ1) is 12.6. The molecule has 2 heterocycles. The van der Waals surface area contributed by atoms with Crippen LogP contribution in [0.25, 0.3) is 0 Å². The SMILES string of the molecule is N#Cc1cccnc1N1CCN(C(=O)C2(c3cccc(Cl)c3)CC2)CC1. The van der Waals surface area contributed by atoms with Gasteiger partial charge in [0.05, 0.1) is 11.0 Å². The summed E-state index contributed by atoms with van der Waals surface area (Å²) in [4.78, 5) is 21.5. The summed E-state index contributed by atoms with van der Waals surface area (Å²) in [6.45, 7) is 2.65. The number of anilines is 1. The van der Waals surface area contributed by atoms with E-state index in [2.05, 4.69) is 16.0 Å². The van der Waals surface area contributed by atoms with E-state index in [-0.39, 0.29) is 5.91 Å². The lowest BCUT2D eigenvalue weighted by atomic mass is 9.94. The zero-order valence-corrected chi connectivity index (χ0v) is 15.1. The van der Waals surface area contributed by atoms with Crippen LogP contribution in [-0.4, -0.2) is 42.0 Å². The predicted molar refractivity (Wildman–Crippen MR) is 100 cm³/mol. The Morgan fingerprint density at radius 1 is 1.15 bits per heavy atom. The van der Waals surface area contributed by atoms with Gasteiger partial charge in [0.15, 0.2) is 0 Å². The van der Waals surface area contributed by atoms with Crippen molar-refractivity contribution in [3.05, 3.63) is 58.7 Å². The molecule has 26 heavy (non-hydrogen) atoms. The van der Waals surface area contributed by atoms with Crippen LogP contribution in [0.15, 0.2) is 42.6 Å². The average Bonchev–Trinajstić information content (AvgIpc) is 3.49. The second-order valence-corrected chi connectivity index (χ2v) is 7.29. The van der Waals surface area contributed by atoms with Gasteiger partial charge in [0.25, 0.3) is 0 Å². The third-order valence-corrected chi connectivity index (χ3v) is 5.55. The monoisotopic (exact) mass is 366 g/mol. The predicted octanol–water partition coefficient (Wildman–Crippen LogP) is 2.99. The first kappa shape index (κ1) is 16.9. The van der Waals surface area contributed by atoms with Crippen LogP contribution in [0.5, 0.6) is 0 Å². The van der Waals surface area contributed by atoms with Gasteiger partial charge in [0.1, 0.15) is 11.9 Å². The third-order valence-electron chi connectivity index (χ3n) is 5.31. The number of nitrogens with zero attached hydrogens (tertiary/aromatic N) is 4. The van der Waals surface area contributed by atoms with Gasteiger partial charge in [-0.25, -0.2) is 4.98 Å². The molecule has 1 saturated heterocycles. The number of pyridine rings is 1. The molecule has 1 aliphatic heterocycles. The fraction of sp³-hybridized carbons (Fsp3) is 0.350. The maximum atomic E-state index is 13.2. The van der Waals surface area contributed by atoms with Gasteiger partial charge in [0.2, 0.25) is 5.91 Å². The molecule has 0 atom stereocenters. The van der Waals surface area contributed by atoms with Crippen LogP contribution in [-0.2, 0) is 10.2 Å². The molecular formula is C20H19ClN4O. The highest BCUT2D eigenvalue weighted by Gasteiger charge is 2.53. The smallest absolute Gasteiger partial charge is 0.233 e. The lowest BCUT2D eigenvalue weighted by molar-refractivity contribution is -0.134. The molecule has 1 aromatic heterocycles. The Morgan fingerprint density at radius 3 is 2.58 bits per heavy atom. The summed E-state index contributed by atoms with van der Waals surface area (Å²) < 4.78 is 0. The highest BCUT2D eigenvalue weighted by molar-refractivity contribution is 6.30. The van der Waals surface area contributed by atoms with Crippen LogP contribution in [0.1, 0.15) is 24.0 Å². The number of aromatic nitrogens is 1. The van der Waals surface area contributed by atoms with Crippen molar-refractivity contribution in [2.45, 2.75) is 18.3 Å². The van der Waals surface area contributed by atoms with Crippen LogP contribution in [0.2, 0.25) is 5.02 Å². The third kappa shape index (κ3) is 2.91. The van der Waals surface area contributed by atoms with Crippen LogP contribution >= 0.6 is 11.6 Å². The van der Waals surface area contributed by atoms with Crippen LogP contribution < -0.4 is 4.90 Å². The molecule has 0 unspecified atom stereocenters. The largest absolute Gasteiger partial charge is 0.352 e. The normalized spacial score (nSPS) is 18.3. The van der Waals surface area contributed by atoms with E-state index < -0.39 is 5.41 Å². The first-order valence-corrected chi connectivity index (χ1v) is 9.17. The Morgan fingerprint density at radius 2 is 1.92 bits per heavy atom. The summed E-state index contributed by atoms with van der Waals surface area (Å²) in [5.41, 5.74) is 1.20. The molecule has 132 valence electrons. The highest BCUT2D eigenvalue weighted by atomic mass is 35.5. The number of amides is 1. The number of piperazine rings is 1. The first-order valence-electron chi connectivity index (χ1n) is 8.79. The fourth-order valence-corrected chi connectivity index (χ4v) is 3.89. The molecule has 6 heteroatoms. The Bertz CT molecular complexity index is 879. The van der Waals surface area contributed by atoms with E-state index in [0.29, 0.717) is 42.6 Å². The van der Waals surface area contributed by atoms with E-state index in [1.54, 1.807) is 18.3 Å². The molecule has 2 aromatic rings.